The Hall–Kier alpha value is -0.300. The molecule has 1 nitrogen and oxygen atoms in total. The number of nitrogens with one attached hydrogen (secondary N) is 1. The van der Waals surface area contributed by atoms with Crippen molar-refractivity contribution >= 4 is 0 Å². The lowest BCUT2D eigenvalue weighted by molar-refractivity contribution is 0.545. The molecule has 0 bridgehead atoms. The van der Waals surface area contributed by atoms with Gasteiger partial charge in [-0.25, -0.2) is 0 Å². The van der Waals surface area contributed by atoms with E-state index in [2.05, 4.69) is 25.2 Å². The molecule has 0 aromatic rings. The van der Waals surface area contributed by atoms with Crippen molar-refractivity contribution < 1.29 is 0 Å². The molecule has 9 heavy (non-hydrogen) atoms. The summed E-state index contributed by atoms with van der Waals surface area (Å²) in [6, 6.07) is 0.699. The van der Waals surface area contributed by atoms with Crippen LogP contribution in [0.4, 0.5) is 0 Å². The lowest BCUT2D eigenvalue weighted by Gasteiger charge is -2.19. The maximum atomic E-state index is 3.37. The van der Waals surface area contributed by atoms with E-state index in [4.69, 9.17) is 0 Å². The third-order valence-electron chi connectivity index (χ3n) is 1.88. The second kappa shape index (κ2) is 3.02. The zero-order valence-corrected chi connectivity index (χ0v) is 6.28. The van der Waals surface area contributed by atoms with Crippen molar-refractivity contribution in [3.8, 4) is 0 Å². The zero-order valence-electron chi connectivity index (χ0n) is 6.28. The Balaban J connectivity index is 2.43. The molecule has 0 radical (unpaired) electrons. The van der Waals surface area contributed by atoms with E-state index in [0.29, 0.717) is 6.04 Å². The number of hydrogen-bond acceptors (Lipinski definition) is 1. The van der Waals surface area contributed by atoms with Crippen molar-refractivity contribution in [1.29, 1.82) is 0 Å². The van der Waals surface area contributed by atoms with Gasteiger partial charge in [0.25, 0.3) is 0 Å². The summed E-state index contributed by atoms with van der Waals surface area (Å²) in [5.74, 6) is 0. The molecule has 0 aromatic carbocycles. The molecular weight excluding hydrogens is 110 g/mol. The molecule has 1 heterocycles. The van der Waals surface area contributed by atoms with Crippen LogP contribution in [0, 0.1) is 0 Å². The van der Waals surface area contributed by atoms with Crippen LogP contribution in [0.3, 0.4) is 0 Å². The van der Waals surface area contributed by atoms with E-state index in [9.17, 15) is 0 Å². The number of rotatable bonds is 1. The Morgan fingerprint density at radius 2 is 2.56 bits per heavy atom. The van der Waals surface area contributed by atoms with Crippen LogP contribution in [0.15, 0.2) is 11.6 Å². The summed E-state index contributed by atoms with van der Waals surface area (Å²) in [7, 11) is 0. The summed E-state index contributed by atoms with van der Waals surface area (Å²) in [6.07, 6.45) is 4.78. The predicted octanol–water partition coefficient (Wildman–Crippen LogP) is 1.70. The van der Waals surface area contributed by atoms with Gasteiger partial charge >= 0.3 is 0 Å². The van der Waals surface area contributed by atoms with Crippen LogP contribution in [-0.4, -0.2) is 12.6 Å². The maximum absolute atomic E-state index is 3.37. The first-order chi connectivity index (χ1) is 4.33. The monoisotopic (exact) mass is 125 g/mol. The summed E-state index contributed by atoms with van der Waals surface area (Å²) < 4.78 is 0. The second-order valence-electron chi connectivity index (χ2n) is 2.73. The first kappa shape index (κ1) is 6.81. The molecule has 1 heteroatoms. The minimum atomic E-state index is 0.699. The van der Waals surface area contributed by atoms with Crippen LogP contribution in [0.2, 0.25) is 0 Å². The highest BCUT2D eigenvalue weighted by molar-refractivity contribution is 5.07. The van der Waals surface area contributed by atoms with Gasteiger partial charge in [0.2, 0.25) is 0 Å². The Bertz CT molecular complexity index is 116. The molecule has 1 N–H and O–H groups in total. The summed E-state index contributed by atoms with van der Waals surface area (Å²) in [5.41, 5.74) is 1.61. The van der Waals surface area contributed by atoms with Crippen molar-refractivity contribution in [3.05, 3.63) is 11.6 Å². The molecular formula is C8H15N. The standard InChI is InChI=1S/C8H15N/c1-3-8-4-5-9-7(2)6-8/h4,7,9H,3,5-6H2,1-2H3/t7-/m1/s1. The van der Waals surface area contributed by atoms with Crippen LogP contribution in [0.1, 0.15) is 26.7 Å². The predicted molar refractivity (Wildman–Crippen MR) is 40.5 cm³/mol. The Morgan fingerprint density at radius 1 is 1.78 bits per heavy atom. The van der Waals surface area contributed by atoms with E-state index in [1.54, 1.807) is 5.57 Å². The second-order valence-corrected chi connectivity index (χ2v) is 2.73. The average molecular weight is 125 g/mol. The van der Waals surface area contributed by atoms with Crippen molar-refractivity contribution in [2.75, 3.05) is 6.54 Å². The van der Waals surface area contributed by atoms with E-state index < -0.39 is 0 Å². The zero-order chi connectivity index (χ0) is 6.69. The molecule has 52 valence electrons. The van der Waals surface area contributed by atoms with Gasteiger partial charge in [-0.1, -0.05) is 18.6 Å². The van der Waals surface area contributed by atoms with Gasteiger partial charge in [-0.15, -0.1) is 0 Å². The largest absolute Gasteiger partial charge is 0.310 e. The normalized spacial score (nSPS) is 27.8. The fourth-order valence-corrected chi connectivity index (χ4v) is 1.24. The summed E-state index contributed by atoms with van der Waals surface area (Å²) in [6.45, 7) is 5.54. The molecule has 0 saturated heterocycles. The molecule has 1 aliphatic heterocycles. The third kappa shape index (κ3) is 1.83. The van der Waals surface area contributed by atoms with E-state index in [0.717, 1.165) is 6.54 Å². The van der Waals surface area contributed by atoms with Gasteiger partial charge in [0.15, 0.2) is 0 Å². The quantitative estimate of drug-likeness (QED) is 0.526. The van der Waals surface area contributed by atoms with Gasteiger partial charge in [-0.05, 0) is 19.8 Å². The van der Waals surface area contributed by atoms with Gasteiger partial charge in [0, 0.05) is 12.6 Å². The van der Waals surface area contributed by atoms with Crippen LogP contribution in [-0.2, 0) is 0 Å². The molecule has 1 atom stereocenters. The lowest BCUT2D eigenvalue weighted by Crippen LogP contribution is -2.30. The fraction of sp³-hybridized carbons (Fsp3) is 0.750. The molecule has 0 spiro atoms. The maximum Gasteiger partial charge on any atom is 0.0140 e. The highest BCUT2D eigenvalue weighted by Gasteiger charge is 2.06. The Labute approximate surface area is 57.1 Å². The first-order valence-electron chi connectivity index (χ1n) is 3.74. The van der Waals surface area contributed by atoms with Gasteiger partial charge in [-0.3, -0.25) is 0 Å². The summed E-state index contributed by atoms with van der Waals surface area (Å²) in [5, 5.41) is 3.37. The van der Waals surface area contributed by atoms with Crippen LogP contribution in [0.25, 0.3) is 0 Å². The van der Waals surface area contributed by atoms with E-state index in [1.165, 1.54) is 12.8 Å². The minimum absolute atomic E-state index is 0.699. The Kier molecular flexibility index (Phi) is 2.29. The van der Waals surface area contributed by atoms with Crippen LogP contribution in [0.5, 0.6) is 0 Å². The number of hydrogen-bond donors (Lipinski definition) is 1. The van der Waals surface area contributed by atoms with Crippen molar-refractivity contribution in [2.24, 2.45) is 0 Å². The molecule has 1 rings (SSSR count). The molecule has 1 aliphatic rings. The average Bonchev–Trinajstić information content (AvgIpc) is 1.88. The molecule has 0 aliphatic carbocycles. The molecule has 0 fully saturated rings. The van der Waals surface area contributed by atoms with E-state index >= 15 is 0 Å². The minimum Gasteiger partial charge on any atom is -0.310 e. The summed E-state index contributed by atoms with van der Waals surface area (Å²) in [4.78, 5) is 0. The van der Waals surface area contributed by atoms with E-state index in [1.807, 2.05) is 0 Å². The highest BCUT2D eigenvalue weighted by atomic mass is 14.9. The summed E-state index contributed by atoms with van der Waals surface area (Å²) >= 11 is 0. The SMILES string of the molecule is CCC1=CCN[C@H](C)C1. The van der Waals surface area contributed by atoms with Crippen LogP contribution >= 0.6 is 0 Å². The van der Waals surface area contributed by atoms with Crippen molar-refractivity contribution in [3.63, 3.8) is 0 Å². The highest BCUT2D eigenvalue weighted by Crippen LogP contribution is 2.12. The molecule has 0 unspecified atom stereocenters. The molecule has 0 saturated carbocycles. The van der Waals surface area contributed by atoms with Gasteiger partial charge in [0.05, 0.1) is 0 Å². The smallest absolute Gasteiger partial charge is 0.0140 e. The van der Waals surface area contributed by atoms with Crippen LogP contribution < -0.4 is 5.32 Å². The van der Waals surface area contributed by atoms with E-state index in [-0.39, 0.29) is 0 Å². The Morgan fingerprint density at radius 3 is 3.00 bits per heavy atom. The van der Waals surface area contributed by atoms with Gasteiger partial charge < -0.3 is 5.32 Å². The van der Waals surface area contributed by atoms with Crippen molar-refractivity contribution in [2.45, 2.75) is 32.7 Å². The topological polar surface area (TPSA) is 12.0 Å². The molecule has 0 aromatic heterocycles. The third-order valence-corrected chi connectivity index (χ3v) is 1.88. The fourth-order valence-electron chi connectivity index (χ4n) is 1.24. The van der Waals surface area contributed by atoms with Crippen molar-refractivity contribution in [1.82, 2.24) is 5.32 Å². The molecule has 0 amide bonds. The van der Waals surface area contributed by atoms with Gasteiger partial charge in [0.1, 0.15) is 0 Å². The first-order valence-corrected chi connectivity index (χ1v) is 3.74. The lowest BCUT2D eigenvalue weighted by atomic mass is 10.0. The van der Waals surface area contributed by atoms with Gasteiger partial charge in [-0.2, -0.15) is 0 Å².